The van der Waals surface area contributed by atoms with Gasteiger partial charge < -0.3 is 15.4 Å². The van der Waals surface area contributed by atoms with Crippen LogP contribution in [-0.2, 0) is 4.79 Å². The van der Waals surface area contributed by atoms with Gasteiger partial charge in [0.2, 0.25) is 5.91 Å². The summed E-state index contributed by atoms with van der Waals surface area (Å²) >= 11 is 5.90. The average molecular weight is 311 g/mol. The molecule has 0 radical (unpaired) electrons. The molecule has 0 heterocycles. The first-order valence-corrected chi connectivity index (χ1v) is 7.79. The fraction of sp³-hybridized carbons (Fsp3) is 0.562. The van der Waals surface area contributed by atoms with E-state index in [0.717, 1.165) is 31.4 Å². The van der Waals surface area contributed by atoms with Crippen LogP contribution in [0, 0.1) is 5.41 Å². The molecule has 1 saturated carbocycles. The SMILES string of the molecule is CN(CCOc1cccc(Cl)c1)C(=O)C1(CN)CCCC1. The molecule has 0 bridgehead atoms. The van der Waals surface area contributed by atoms with Gasteiger partial charge in [-0.25, -0.2) is 0 Å². The molecule has 1 fully saturated rings. The number of hydrogen-bond donors (Lipinski definition) is 1. The quantitative estimate of drug-likeness (QED) is 0.879. The lowest BCUT2D eigenvalue weighted by Crippen LogP contribution is -2.46. The number of nitrogens with two attached hydrogens (primary N) is 1. The maximum absolute atomic E-state index is 12.6. The van der Waals surface area contributed by atoms with Crippen molar-refractivity contribution in [3.05, 3.63) is 29.3 Å². The molecule has 0 spiro atoms. The standard InChI is InChI=1S/C16H23ClN2O2/c1-19(15(20)16(12-18)7-2-3-8-16)9-10-21-14-6-4-5-13(17)11-14/h4-6,11H,2-3,7-10,12,18H2,1H3. The fourth-order valence-corrected chi connectivity index (χ4v) is 3.10. The normalized spacial score (nSPS) is 16.7. The Morgan fingerprint density at radius 2 is 2.14 bits per heavy atom. The number of amides is 1. The van der Waals surface area contributed by atoms with Crippen LogP contribution >= 0.6 is 11.6 Å². The molecule has 1 aliphatic rings. The summed E-state index contributed by atoms with van der Waals surface area (Å²) < 4.78 is 5.63. The minimum absolute atomic E-state index is 0.150. The lowest BCUT2D eigenvalue weighted by atomic mass is 9.85. The van der Waals surface area contributed by atoms with Gasteiger partial charge in [0.1, 0.15) is 12.4 Å². The van der Waals surface area contributed by atoms with Crippen LogP contribution in [0.2, 0.25) is 5.02 Å². The number of hydrogen-bond acceptors (Lipinski definition) is 3. The minimum atomic E-state index is -0.342. The van der Waals surface area contributed by atoms with Crippen LogP contribution in [0.5, 0.6) is 5.75 Å². The van der Waals surface area contributed by atoms with Crippen molar-refractivity contribution in [1.82, 2.24) is 4.90 Å². The third-order valence-corrected chi connectivity index (χ3v) is 4.48. The Kier molecular flexibility index (Phi) is 5.48. The van der Waals surface area contributed by atoms with Crippen molar-refractivity contribution >= 4 is 17.5 Å². The van der Waals surface area contributed by atoms with E-state index < -0.39 is 0 Å². The van der Waals surface area contributed by atoms with Crippen molar-refractivity contribution in [2.24, 2.45) is 11.1 Å². The van der Waals surface area contributed by atoms with E-state index in [2.05, 4.69) is 0 Å². The molecule has 1 aromatic rings. The Morgan fingerprint density at radius 3 is 2.76 bits per heavy atom. The second kappa shape index (κ2) is 7.14. The van der Waals surface area contributed by atoms with Crippen molar-refractivity contribution in [2.45, 2.75) is 25.7 Å². The van der Waals surface area contributed by atoms with E-state index in [4.69, 9.17) is 22.1 Å². The zero-order chi connectivity index (χ0) is 15.3. The van der Waals surface area contributed by atoms with Crippen LogP contribution in [0.3, 0.4) is 0 Å². The summed E-state index contributed by atoms with van der Waals surface area (Å²) in [6, 6.07) is 7.26. The summed E-state index contributed by atoms with van der Waals surface area (Å²) in [6.07, 6.45) is 4.00. The van der Waals surface area contributed by atoms with Gasteiger partial charge in [0.15, 0.2) is 0 Å². The Balaban J connectivity index is 1.84. The Morgan fingerprint density at radius 1 is 1.43 bits per heavy atom. The van der Waals surface area contributed by atoms with Gasteiger partial charge in [-0.1, -0.05) is 30.5 Å². The first kappa shape index (κ1) is 16.1. The predicted molar refractivity (Wildman–Crippen MR) is 84.5 cm³/mol. The van der Waals surface area contributed by atoms with E-state index in [1.165, 1.54) is 0 Å². The number of likely N-dealkylation sites (N-methyl/N-ethyl adjacent to an activating group) is 1. The molecule has 1 amide bonds. The van der Waals surface area contributed by atoms with Crippen molar-refractivity contribution < 1.29 is 9.53 Å². The minimum Gasteiger partial charge on any atom is -0.492 e. The maximum Gasteiger partial charge on any atom is 0.229 e. The molecule has 116 valence electrons. The maximum atomic E-state index is 12.6. The van der Waals surface area contributed by atoms with Gasteiger partial charge in [0.05, 0.1) is 12.0 Å². The third kappa shape index (κ3) is 3.89. The second-order valence-corrected chi connectivity index (χ2v) is 6.16. The lowest BCUT2D eigenvalue weighted by Gasteiger charge is -2.31. The van der Waals surface area contributed by atoms with Crippen LogP contribution in [-0.4, -0.2) is 37.6 Å². The summed E-state index contributed by atoms with van der Waals surface area (Å²) in [5.41, 5.74) is 5.51. The molecule has 0 aromatic heterocycles. The zero-order valence-corrected chi connectivity index (χ0v) is 13.2. The number of nitrogens with zero attached hydrogens (tertiary/aromatic N) is 1. The van der Waals surface area contributed by atoms with Gasteiger partial charge in [-0.3, -0.25) is 4.79 Å². The highest BCUT2D eigenvalue weighted by Gasteiger charge is 2.41. The number of carbonyl (C=O) groups is 1. The van der Waals surface area contributed by atoms with Crippen molar-refractivity contribution in [1.29, 1.82) is 0 Å². The number of halogens is 1. The van der Waals surface area contributed by atoms with Gasteiger partial charge in [0.25, 0.3) is 0 Å². The smallest absolute Gasteiger partial charge is 0.229 e. The van der Waals surface area contributed by atoms with E-state index in [1.54, 1.807) is 17.0 Å². The van der Waals surface area contributed by atoms with Gasteiger partial charge in [-0.2, -0.15) is 0 Å². The van der Waals surface area contributed by atoms with E-state index in [-0.39, 0.29) is 11.3 Å². The zero-order valence-electron chi connectivity index (χ0n) is 12.5. The predicted octanol–water partition coefficient (Wildman–Crippen LogP) is 2.70. The number of rotatable bonds is 6. The molecule has 0 unspecified atom stereocenters. The topological polar surface area (TPSA) is 55.6 Å². The molecule has 2 N–H and O–H groups in total. The van der Waals surface area contributed by atoms with E-state index in [0.29, 0.717) is 24.7 Å². The Hall–Kier alpha value is -1.26. The molecule has 1 aliphatic carbocycles. The highest BCUT2D eigenvalue weighted by molar-refractivity contribution is 6.30. The monoisotopic (exact) mass is 310 g/mol. The lowest BCUT2D eigenvalue weighted by molar-refractivity contribution is -0.140. The van der Waals surface area contributed by atoms with Crippen LogP contribution < -0.4 is 10.5 Å². The first-order chi connectivity index (χ1) is 10.1. The molecular formula is C16H23ClN2O2. The van der Waals surface area contributed by atoms with Crippen molar-refractivity contribution in [3.8, 4) is 5.75 Å². The van der Waals surface area contributed by atoms with Crippen LogP contribution in [0.25, 0.3) is 0 Å². The van der Waals surface area contributed by atoms with E-state index in [1.807, 2.05) is 19.2 Å². The van der Waals surface area contributed by atoms with Gasteiger partial charge >= 0.3 is 0 Å². The van der Waals surface area contributed by atoms with E-state index in [9.17, 15) is 4.79 Å². The molecule has 0 aliphatic heterocycles. The number of benzene rings is 1. The Labute approximate surface area is 131 Å². The van der Waals surface area contributed by atoms with Gasteiger partial charge in [-0.15, -0.1) is 0 Å². The van der Waals surface area contributed by atoms with E-state index >= 15 is 0 Å². The number of ether oxygens (including phenoxy) is 1. The third-order valence-electron chi connectivity index (χ3n) is 4.24. The highest BCUT2D eigenvalue weighted by Crippen LogP contribution is 2.38. The second-order valence-electron chi connectivity index (χ2n) is 5.72. The molecule has 0 saturated heterocycles. The highest BCUT2D eigenvalue weighted by atomic mass is 35.5. The molecule has 4 nitrogen and oxygen atoms in total. The largest absolute Gasteiger partial charge is 0.492 e. The van der Waals surface area contributed by atoms with Gasteiger partial charge in [-0.05, 0) is 31.0 Å². The van der Waals surface area contributed by atoms with Crippen LogP contribution in [0.1, 0.15) is 25.7 Å². The summed E-state index contributed by atoms with van der Waals surface area (Å²) in [5, 5.41) is 0.643. The molecule has 1 aromatic carbocycles. The fourth-order valence-electron chi connectivity index (χ4n) is 2.92. The van der Waals surface area contributed by atoms with Crippen molar-refractivity contribution in [2.75, 3.05) is 26.7 Å². The first-order valence-electron chi connectivity index (χ1n) is 7.41. The summed E-state index contributed by atoms with van der Waals surface area (Å²) in [6.45, 7) is 1.43. The summed E-state index contributed by atoms with van der Waals surface area (Å²) in [7, 11) is 1.82. The molecule has 5 heteroatoms. The van der Waals surface area contributed by atoms with Crippen LogP contribution in [0.15, 0.2) is 24.3 Å². The summed E-state index contributed by atoms with van der Waals surface area (Å²) in [4.78, 5) is 14.3. The summed E-state index contributed by atoms with van der Waals surface area (Å²) in [5.74, 6) is 0.870. The molecular weight excluding hydrogens is 288 g/mol. The number of carbonyl (C=O) groups excluding carboxylic acids is 1. The van der Waals surface area contributed by atoms with Gasteiger partial charge in [0, 0.05) is 18.6 Å². The van der Waals surface area contributed by atoms with Crippen molar-refractivity contribution in [3.63, 3.8) is 0 Å². The molecule has 21 heavy (non-hydrogen) atoms. The van der Waals surface area contributed by atoms with Crippen LogP contribution in [0.4, 0.5) is 0 Å². The Bertz CT molecular complexity index is 487. The average Bonchev–Trinajstić information content (AvgIpc) is 2.96. The molecule has 2 rings (SSSR count). The molecule has 0 atom stereocenters.